The second kappa shape index (κ2) is 3.86. The molecule has 0 spiro atoms. The summed E-state index contributed by atoms with van der Waals surface area (Å²) in [6.07, 6.45) is 4.22. The second-order valence-corrected chi connectivity index (χ2v) is 5.07. The monoisotopic (exact) mass is 235 g/mol. The molecular formula is C13H14ClNO. The maximum atomic E-state index is 12.2. The van der Waals surface area contributed by atoms with Crippen LogP contribution >= 0.6 is 11.6 Å². The van der Waals surface area contributed by atoms with Gasteiger partial charge in [0.15, 0.2) is 5.78 Å². The first kappa shape index (κ1) is 10.3. The van der Waals surface area contributed by atoms with E-state index in [0.717, 1.165) is 29.0 Å². The molecule has 84 valence electrons. The van der Waals surface area contributed by atoms with Gasteiger partial charge in [-0.2, -0.15) is 0 Å². The maximum absolute atomic E-state index is 12.2. The molecule has 3 heteroatoms. The first-order valence-corrected chi connectivity index (χ1v) is 6.21. The standard InChI is InChI=1S/C13H14ClNO/c14-11-3-1-2-10-9(11)6-7-12(13(10)16)15-8-4-5-8/h1-3,8,12,15H,4-7H2. The normalized spacial score (nSPS) is 24.3. The van der Waals surface area contributed by atoms with Crippen molar-refractivity contribution in [2.45, 2.75) is 37.8 Å². The van der Waals surface area contributed by atoms with Crippen LogP contribution in [0.2, 0.25) is 5.02 Å². The van der Waals surface area contributed by atoms with Gasteiger partial charge >= 0.3 is 0 Å². The summed E-state index contributed by atoms with van der Waals surface area (Å²) in [5.41, 5.74) is 1.85. The summed E-state index contributed by atoms with van der Waals surface area (Å²) in [4.78, 5) is 12.2. The average molecular weight is 236 g/mol. The van der Waals surface area contributed by atoms with Crippen molar-refractivity contribution in [1.29, 1.82) is 0 Å². The lowest BCUT2D eigenvalue weighted by Gasteiger charge is -2.24. The number of halogens is 1. The highest BCUT2D eigenvalue weighted by Gasteiger charge is 2.32. The van der Waals surface area contributed by atoms with Crippen LogP contribution in [0.15, 0.2) is 18.2 Å². The number of benzene rings is 1. The van der Waals surface area contributed by atoms with Crippen LogP contribution in [0.1, 0.15) is 35.2 Å². The fraction of sp³-hybridized carbons (Fsp3) is 0.462. The Morgan fingerprint density at radius 2 is 2.06 bits per heavy atom. The number of hydrogen-bond donors (Lipinski definition) is 1. The topological polar surface area (TPSA) is 29.1 Å². The lowest BCUT2D eigenvalue weighted by Crippen LogP contribution is -2.41. The minimum Gasteiger partial charge on any atom is -0.304 e. The van der Waals surface area contributed by atoms with Crippen molar-refractivity contribution in [3.05, 3.63) is 34.3 Å². The Bertz CT molecular complexity index is 440. The molecule has 2 aliphatic carbocycles. The first-order valence-electron chi connectivity index (χ1n) is 5.83. The van der Waals surface area contributed by atoms with Gasteiger partial charge in [0, 0.05) is 16.6 Å². The molecule has 1 unspecified atom stereocenters. The van der Waals surface area contributed by atoms with Gasteiger partial charge in [0.1, 0.15) is 0 Å². The van der Waals surface area contributed by atoms with Gasteiger partial charge in [-0.05, 0) is 37.3 Å². The summed E-state index contributed by atoms with van der Waals surface area (Å²) in [6.45, 7) is 0. The molecule has 3 rings (SSSR count). The quantitative estimate of drug-likeness (QED) is 0.854. The summed E-state index contributed by atoms with van der Waals surface area (Å²) in [7, 11) is 0. The summed E-state index contributed by atoms with van der Waals surface area (Å²) in [5, 5.41) is 4.14. The van der Waals surface area contributed by atoms with Crippen molar-refractivity contribution in [3.8, 4) is 0 Å². The van der Waals surface area contributed by atoms with E-state index in [1.807, 2.05) is 18.2 Å². The van der Waals surface area contributed by atoms with Gasteiger partial charge in [0.2, 0.25) is 0 Å². The Morgan fingerprint density at radius 3 is 2.81 bits per heavy atom. The van der Waals surface area contributed by atoms with Crippen molar-refractivity contribution in [2.24, 2.45) is 0 Å². The van der Waals surface area contributed by atoms with E-state index in [9.17, 15) is 4.79 Å². The molecule has 2 aliphatic rings. The molecule has 1 aromatic carbocycles. The van der Waals surface area contributed by atoms with E-state index in [-0.39, 0.29) is 11.8 Å². The molecule has 1 fully saturated rings. The summed E-state index contributed by atoms with van der Waals surface area (Å²) in [5.74, 6) is 0.218. The van der Waals surface area contributed by atoms with Gasteiger partial charge in [0.05, 0.1) is 6.04 Å². The molecule has 0 heterocycles. The molecule has 0 saturated heterocycles. The average Bonchev–Trinajstić information content (AvgIpc) is 3.07. The zero-order valence-corrected chi connectivity index (χ0v) is 9.76. The fourth-order valence-corrected chi connectivity index (χ4v) is 2.61. The zero-order valence-electron chi connectivity index (χ0n) is 9.00. The van der Waals surface area contributed by atoms with Crippen molar-refractivity contribution >= 4 is 17.4 Å². The van der Waals surface area contributed by atoms with Crippen LogP contribution in [0, 0.1) is 0 Å². The third-order valence-corrected chi connectivity index (χ3v) is 3.75. The number of Topliss-reactive ketones (excluding diaryl/α,β-unsaturated/α-hetero) is 1. The maximum Gasteiger partial charge on any atom is 0.180 e. The largest absolute Gasteiger partial charge is 0.304 e. The molecule has 2 nitrogen and oxygen atoms in total. The Kier molecular flexibility index (Phi) is 2.49. The van der Waals surface area contributed by atoms with Crippen molar-refractivity contribution in [3.63, 3.8) is 0 Å². The lowest BCUT2D eigenvalue weighted by molar-refractivity contribution is 0.0927. The molecule has 0 amide bonds. The van der Waals surface area contributed by atoms with E-state index < -0.39 is 0 Å². The molecular weight excluding hydrogens is 222 g/mol. The predicted molar refractivity (Wildman–Crippen MR) is 64.0 cm³/mol. The third-order valence-electron chi connectivity index (χ3n) is 3.40. The minimum atomic E-state index is 0.0125. The van der Waals surface area contributed by atoms with Crippen LogP contribution in [0.3, 0.4) is 0 Å². The Labute approximate surface area is 100.0 Å². The fourth-order valence-electron chi connectivity index (χ4n) is 2.34. The van der Waals surface area contributed by atoms with E-state index in [1.165, 1.54) is 12.8 Å². The zero-order chi connectivity index (χ0) is 11.1. The van der Waals surface area contributed by atoms with Crippen molar-refractivity contribution in [2.75, 3.05) is 0 Å². The van der Waals surface area contributed by atoms with Crippen LogP contribution in [0.25, 0.3) is 0 Å². The first-order chi connectivity index (χ1) is 7.75. The molecule has 1 aromatic rings. The molecule has 0 aliphatic heterocycles. The summed E-state index contributed by atoms with van der Waals surface area (Å²) in [6, 6.07) is 6.21. The number of nitrogens with one attached hydrogen (secondary N) is 1. The van der Waals surface area contributed by atoms with Crippen LogP contribution in [-0.2, 0) is 6.42 Å². The molecule has 0 radical (unpaired) electrons. The SMILES string of the molecule is O=C1c2cccc(Cl)c2CCC1NC1CC1. The molecule has 0 bridgehead atoms. The van der Waals surface area contributed by atoms with Gasteiger partial charge in [0.25, 0.3) is 0 Å². The van der Waals surface area contributed by atoms with Crippen LogP contribution in [0.4, 0.5) is 0 Å². The van der Waals surface area contributed by atoms with Crippen LogP contribution < -0.4 is 5.32 Å². The molecule has 0 aromatic heterocycles. The predicted octanol–water partition coefficient (Wildman–Crippen LogP) is 2.59. The molecule has 1 atom stereocenters. The van der Waals surface area contributed by atoms with Crippen molar-refractivity contribution in [1.82, 2.24) is 5.32 Å². The Morgan fingerprint density at radius 1 is 1.25 bits per heavy atom. The van der Waals surface area contributed by atoms with E-state index in [4.69, 9.17) is 11.6 Å². The van der Waals surface area contributed by atoms with E-state index in [2.05, 4.69) is 5.32 Å². The van der Waals surface area contributed by atoms with Crippen LogP contribution in [-0.4, -0.2) is 17.9 Å². The van der Waals surface area contributed by atoms with E-state index in [1.54, 1.807) is 0 Å². The smallest absolute Gasteiger partial charge is 0.180 e. The van der Waals surface area contributed by atoms with Gasteiger partial charge in [-0.1, -0.05) is 23.7 Å². The van der Waals surface area contributed by atoms with Crippen molar-refractivity contribution < 1.29 is 4.79 Å². The molecule has 1 N–H and O–H groups in total. The second-order valence-electron chi connectivity index (χ2n) is 4.66. The summed E-state index contributed by atoms with van der Waals surface area (Å²) >= 11 is 6.10. The number of hydrogen-bond acceptors (Lipinski definition) is 2. The minimum absolute atomic E-state index is 0.0125. The van der Waals surface area contributed by atoms with Gasteiger partial charge in [-0.15, -0.1) is 0 Å². The highest BCUT2D eigenvalue weighted by atomic mass is 35.5. The number of ketones is 1. The number of rotatable bonds is 2. The molecule has 16 heavy (non-hydrogen) atoms. The van der Waals surface area contributed by atoms with Gasteiger partial charge in [-0.25, -0.2) is 0 Å². The Hall–Kier alpha value is -0.860. The lowest BCUT2D eigenvalue weighted by atomic mass is 9.87. The Balaban J connectivity index is 1.89. The van der Waals surface area contributed by atoms with E-state index >= 15 is 0 Å². The number of carbonyl (C=O) groups excluding carboxylic acids is 1. The van der Waals surface area contributed by atoms with Gasteiger partial charge in [-0.3, -0.25) is 4.79 Å². The van der Waals surface area contributed by atoms with Crippen LogP contribution in [0.5, 0.6) is 0 Å². The number of fused-ring (bicyclic) bond motifs is 1. The third kappa shape index (κ3) is 1.76. The number of carbonyl (C=O) groups is 1. The highest BCUT2D eigenvalue weighted by Crippen LogP contribution is 2.29. The molecule has 1 saturated carbocycles. The highest BCUT2D eigenvalue weighted by molar-refractivity contribution is 6.32. The van der Waals surface area contributed by atoms with Gasteiger partial charge < -0.3 is 5.32 Å². The van der Waals surface area contributed by atoms with E-state index in [0.29, 0.717) is 6.04 Å². The summed E-state index contributed by atoms with van der Waals surface area (Å²) < 4.78 is 0.